The second-order valence-corrected chi connectivity index (χ2v) is 5.82. The zero-order valence-electron chi connectivity index (χ0n) is 9.75. The van der Waals surface area contributed by atoms with Crippen molar-refractivity contribution in [1.29, 1.82) is 0 Å². The van der Waals surface area contributed by atoms with E-state index in [1.54, 1.807) is 0 Å². The topological polar surface area (TPSA) is 20.7 Å². The van der Waals surface area contributed by atoms with Gasteiger partial charge < -0.3 is 4.98 Å². The van der Waals surface area contributed by atoms with E-state index in [0.29, 0.717) is 16.1 Å². The Labute approximate surface area is 131 Å². The number of nitrogens with zero attached hydrogens (tertiary/aromatic N) is 1. The van der Waals surface area contributed by atoms with Crippen molar-refractivity contribution in [3.05, 3.63) is 56.2 Å². The van der Waals surface area contributed by atoms with Crippen LogP contribution in [0.25, 0.3) is 16.7 Å². The van der Waals surface area contributed by atoms with Crippen LogP contribution < -0.4 is 0 Å². The van der Waals surface area contributed by atoms with E-state index < -0.39 is 11.6 Å². The summed E-state index contributed by atoms with van der Waals surface area (Å²) in [6, 6.07) is 7.02. The van der Waals surface area contributed by atoms with Crippen molar-refractivity contribution in [1.82, 2.24) is 9.55 Å². The van der Waals surface area contributed by atoms with Crippen LogP contribution in [-0.4, -0.2) is 9.55 Å². The number of benzene rings is 2. The molecule has 1 N–H and O–H groups in total. The molecule has 0 aliphatic carbocycles. The van der Waals surface area contributed by atoms with Gasteiger partial charge in [-0.25, -0.2) is 8.78 Å². The molecule has 7 heteroatoms. The first kappa shape index (κ1) is 13.7. The van der Waals surface area contributed by atoms with E-state index in [4.69, 9.17) is 23.8 Å². The van der Waals surface area contributed by atoms with Crippen molar-refractivity contribution in [3.8, 4) is 5.69 Å². The lowest BCUT2D eigenvalue weighted by molar-refractivity contribution is 0.618. The third-order valence-electron chi connectivity index (χ3n) is 2.87. The normalized spacial score (nSPS) is 11.2. The second kappa shape index (κ2) is 4.95. The van der Waals surface area contributed by atoms with Crippen molar-refractivity contribution in [2.45, 2.75) is 0 Å². The number of H-pyrrole nitrogens is 1. The molecule has 0 radical (unpaired) electrons. The molecule has 0 amide bonds. The molecule has 0 unspecified atom stereocenters. The van der Waals surface area contributed by atoms with Crippen molar-refractivity contribution in [3.63, 3.8) is 0 Å². The highest BCUT2D eigenvalue weighted by molar-refractivity contribution is 9.10. The zero-order valence-corrected chi connectivity index (χ0v) is 12.9. The Morgan fingerprint density at radius 3 is 2.65 bits per heavy atom. The molecule has 0 fully saturated rings. The number of rotatable bonds is 1. The van der Waals surface area contributed by atoms with Gasteiger partial charge >= 0.3 is 0 Å². The monoisotopic (exact) mass is 374 g/mol. The first-order valence-corrected chi connectivity index (χ1v) is 7.10. The molecule has 1 aromatic heterocycles. The quantitative estimate of drug-likeness (QED) is 0.566. The van der Waals surface area contributed by atoms with Crippen molar-refractivity contribution < 1.29 is 8.78 Å². The maximum atomic E-state index is 14.0. The number of aromatic amines is 1. The van der Waals surface area contributed by atoms with Gasteiger partial charge in [0.05, 0.1) is 21.2 Å². The minimum atomic E-state index is -0.466. The van der Waals surface area contributed by atoms with Crippen LogP contribution in [0.3, 0.4) is 0 Å². The molecule has 0 aliphatic rings. The van der Waals surface area contributed by atoms with Gasteiger partial charge in [0, 0.05) is 11.1 Å². The highest BCUT2D eigenvalue weighted by atomic mass is 79.9. The Morgan fingerprint density at radius 1 is 1.15 bits per heavy atom. The van der Waals surface area contributed by atoms with E-state index in [9.17, 15) is 8.78 Å². The van der Waals surface area contributed by atoms with E-state index in [1.165, 1.54) is 34.9 Å². The Balaban J connectivity index is 2.42. The fraction of sp³-hybridized carbons (Fsp3) is 0. The number of hydrogen-bond acceptors (Lipinski definition) is 1. The van der Waals surface area contributed by atoms with Gasteiger partial charge in [0.15, 0.2) is 4.77 Å². The Bertz CT molecular complexity index is 888. The fourth-order valence-electron chi connectivity index (χ4n) is 2.00. The summed E-state index contributed by atoms with van der Waals surface area (Å²) >= 11 is 14.2. The standard InChI is InChI=1S/C13H6BrClF2N2S/c14-7-4-12-10(5-9(7)17)18-13(20)19(12)11-3-6(15)1-2-8(11)16/h1-5H,(H,18,20). The van der Waals surface area contributed by atoms with Crippen LogP contribution >= 0.6 is 39.7 Å². The summed E-state index contributed by atoms with van der Waals surface area (Å²) < 4.78 is 29.5. The smallest absolute Gasteiger partial charge is 0.182 e. The van der Waals surface area contributed by atoms with Gasteiger partial charge in [-0.2, -0.15) is 0 Å². The van der Waals surface area contributed by atoms with E-state index in [-0.39, 0.29) is 14.9 Å². The molecule has 3 rings (SSSR count). The summed E-state index contributed by atoms with van der Waals surface area (Å²) in [6.07, 6.45) is 0. The van der Waals surface area contributed by atoms with Crippen LogP contribution in [0.1, 0.15) is 0 Å². The molecular weight excluding hydrogens is 370 g/mol. The van der Waals surface area contributed by atoms with Crippen LogP contribution in [0.2, 0.25) is 5.02 Å². The van der Waals surface area contributed by atoms with Crippen LogP contribution in [0.5, 0.6) is 0 Å². The molecule has 1 heterocycles. The molecule has 0 bridgehead atoms. The fourth-order valence-corrected chi connectivity index (χ4v) is 2.80. The molecule has 2 aromatic carbocycles. The van der Waals surface area contributed by atoms with Crippen LogP contribution in [0.15, 0.2) is 34.8 Å². The summed E-state index contributed by atoms with van der Waals surface area (Å²) in [5.41, 5.74) is 1.26. The molecule has 2 nitrogen and oxygen atoms in total. The number of fused-ring (bicyclic) bond motifs is 1. The summed E-state index contributed by atoms with van der Waals surface area (Å²) in [5, 5.41) is 0.388. The number of halogens is 4. The highest BCUT2D eigenvalue weighted by Crippen LogP contribution is 2.28. The SMILES string of the molecule is Fc1cc2[nH]c(=S)n(-c3cc(Cl)ccc3F)c2cc1Br. The summed E-state index contributed by atoms with van der Waals surface area (Å²) in [6.45, 7) is 0. The van der Waals surface area contributed by atoms with Gasteiger partial charge in [0.2, 0.25) is 0 Å². The predicted molar refractivity (Wildman–Crippen MR) is 81.1 cm³/mol. The molecule has 20 heavy (non-hydrogen) atoms. The first-order chi connectivity index (χ1) is 9.47. The lowest BCUT2D eigenvalue weighted by Gasteiger charge is -2.07. The van der Waals surface area contributed by atoms with Gasteiger partial charge in [-0.1, -0.05) is 11.6 Å². The minimum Gasteiger partial charge on any atom is -0.330 e. The summed E-state index contributed by atoms with van der Waals surface area (Å²) in [4.78, 5) is 2.85. The average molecular weight is 376 g/mol. The summed E-state index contributed by atoms with van der Waals surface area (Å²) in [7, 11) is 0. The molecule has 102 valence electrons. The van der Waals surface area contributed by atoms with Crippen molar-refractivity contribution >= 4 is 50.8 Å². The second-order valence-electron chi connectivity index (χ2n) is 4.14. The minimum absolute atomic E-state index is 0.215. The van der Waals surface area contributed by atoms with E-state index in [2.05, 4.69) is 20.9 Å². The molecule has 0 saturated heterocycles. The average Bonchev–Trinajstić information content (AvgIpc) is 2.69. The van der Waals surface area contributed by atoms with Crippen molar-refractivity contribution in [2.24, 2.45) is 0 Å². The highest BCUT2D eigenvalue weighted by Gasteiger charge is 2.13. The number of aromatic nitrogens is 2. The van der Waals surface area contributed by atoms with Gasteiger partial charge in [-0.05, 0) is 52.4 Å². The largest absolute Gasteiger partial charge is 0.330 e. The Kier molecular flexibility index (Phi) is 3.40. The van der Waals surface area contributed by atoms with Gasteiger partial charge in [-0.3, -0.25) is 4.57 Å². The third kappa shape index (κ3) is 2.17. The van der Waals surface area contributed by atoms with E-state index in [0.717, 1.165) is 0 Å². The lowest BCUT2D eigenvalue weighted by atomic mass is 10.2. The maximum absolute atomic E-state index is 14.0. The van der Waals surface area contributed by atoms with E-state index in [1.807, 2.05) is 0 Å². The molecule has 0 spiro atoms. The van der Waals surface area contributed by atoms with Gasteiger partial charge in [-0.15, -0.1) is 0 Å². The number of imidazole rings is 1. The molecule has 3 aromatic rings. The Hall–Kier alpha value is -1.24. The predicted octanol–water partition coefficient (Wildman–Crippen LogP) is 5.38. The van der Waals surface area contributed by atoms with Crippen molar-refractivity contribution in [2.75, 3.05) is 0 Å². The maximum Gasteiger partial charge on any atom is 0.182 e. The summed E-state index contributed by atoms with van der Waals surface area (Å²) in [5.74, 6) is -0.890. The van der Waals surface area contributed by atoms with Gasteiger partial charge in [0.1, 0.15) is 11.6 Å². The van der Waals surface area contributed by atoms with E-state index >= 15 is 0 Å². The zero-order chi connectivity index (χ0) is 14.4. The number of nitrogens with one attached hydrogen (secondary N) is 1. The van der Waals surface area contributed by atoms with Crippen LogP contribution in [0.4, 0.5) is 8.78 Å². The van der Waals surface area contributed by atoms with Crippen LogP contribution in [-0.2, 0) is 0 Å². The third-order valence-corrected chi connectivity index (χ3v) is 4.00. The van der Waals surface area contributed by atoms with Gasteiger partial charge in [0.25, 0.3) is 0 Å². The molecule has 0 atom stereocenters. The first-order valence-electron chi connectivity index (χ1n) is 5.52. The Morgan fingerprint density at radius 2 is 1.90 bits per heavy atom. The number of hydrogen-bond donors (Lipinski definition) is 1. The lowest BCUT2D eigenvalue weighted by Crippen LogP contribution is -1.98. The molecule has 0 saturated carbocycles. The van der Waals surface area contributed by atoms with Crippen LogP contribution in [0, 0.1) is 16.4 Å². The molecular formula is C13H6BrClF2N2S. The molecule has 0 aliphatic heterocycles.